The van der Waals surface area contributed by atoms with Crippen molar-refractivity contribution in [1.82, 2.24) is 24.3 Å². The second kappa shape index (κ2) is 4.96. The van der Waals surface area contributed by atoms with Gasteiger partial charge in [-0.2, -0.15) is 0 Å². The minimum Gasteiger partial charge on any atom is -0.497 e. The standard InChI is InChI=1S/C15H15N5O2/c1-21-8-14-17-18-15-12-5-11(22-2)3-4-13(12)20-9-16-6-10(20)7-19(14)15/h3-6,9H,7-8H2,1-2H3. The molecule has 0 atom stereocenters. The Labute approximate surface area is 127 Å². The van der Waals surface area contributed by atoms with Crippen molar-refractivity contribution in [3.63, 3.8) is 0 Å². The second-order valence-electron chi connectivity index (χ2n) is 5.10. The molecule has 0 aliphatic carbocycles. The Kier molecular flexibility index (Phi) is 2.93. The van der Waals surface area contributed by atoms with Crippen molar-refractivity contribution in [1.29, 1.82) is 0 Å². The maximum Gasteiger partial charge on any atom is 0.166 e. The highest BCUT2D eigenvalue weighted by Crippen LogP contribution is 2.33. The largest absolute Gasteiger partial charge is 0.497 e. The van der Waals surface area contributed by atoms with Crippen LogP contribution in [0.25, 0.3) is 17.1 Å². The van der Waals surface area contributed by atoms with E-state index in [0.29, 0.717) is 13.2 Å². The van der Waals surface area contributed by atoms with Crippen LogP contribution in [-0.4, -0.2) is 38.5 Å². The Morgan fingerprint density at radius 1 is 1.23 bits per heavy atom. The zero-order valence-electron chi connectivity index (χ0n) is 12.4. The third kappa shape index (κ3) is 1.82. The van der Waals surface area contributed by atoms with E-state index in [0.717, 1.165) is 34.3 Å². The van der Waals surface area contributed by atoms with Crippen molar-refractivity contribution in [3.05, 3.63) is 42.2 Å². The van der Waals surface area contributed by atoms with Crippen LogP contribution in [0.15, 0.2) is 30.7 Å². The first kappa shape index (κ1) is 13.0. The van der Waals surface area contributed by atoms with Gasteiger partial charge in [0.1, 0.15) is 12.4 Å². The van der Waals surface area contributed by atoms with Crippen LogP contribution < -0.4 is 4.74 Å². The Bertz CT molecular complexity index is 836. The van der Waals surface area contributed by atoms with Gasteiger partial charge >= 0.3 is 0 Å². The molecule has 7 nitrogen and oxygen atoms in total. The Morgan fingerprint density at radius 2 is 2.14 bits per heavy atom. The molecule has 0 saturated heterocycles. The van der Waals surface area contributed by atoms with E-state index in [4.69, 9.17) is 9.47 Å². The van der Waals surface area contributed by atoms with Gasteiger partial charge in [0, 0.05) is 12.7 Å². The minimum absolute atomic E-state index is 0.417. The normalized spacial score (nSPS) is 12.3. The third-order valence-corrected chi connectivity index (χ3v) is 3.84. The fourth-order valence-corrected chi connectivity index (χ4v) is 2.79. The van der Waals surface area contributed by atoms with Crippen molar-refractivity contribution in [2.45, 2.75) is 13.2 Å². The van der Waals surface area contributed by atoms with E-state index in [1.165, 1.54) is 0 Å². The van der Waals surface area contributed by atoms with Gasteiger partial charge in [-0.15, -0.1) is 10.2 Å². The third-order valence-electron chi connectivity index (χ3n) is 3.84. The van der Waals surface area contributed by atoms with Gasteiger partial charge in [-0.3, -0.25) is 0 Å². The number of ether oxygens (including phenoxy) is 2. The average molecular weight is 297 g/mol. The Balaban J connectivity index is 2.00. The summed E-state index contributed by atoms with van der Waals surface area (Å²) in [4.78, 5) is 4.27. The molecule has 1 aliphatic heterocycles. The van der Waals surface area contributed by atoms with Crippen molar-refractivity contribution in [2.24, 2.45) is 0 Å². The SMILES string of the molecule is COCc1nnc2n1Cc1cncn1-c1ccc(OC)cc1-2. The van der Waals surface area contributed by atoms with Gasteiger partial charge in [-0.25, -0.2) is 4.98 Å². The molecule has 7 heteroatoms. The number of hydrogen-bond acceptors (Lipinski definition) is 5. The lowest BCUT2D eigenvalue weighted by atomic mass is 10.1. The van der Waals surface area contributed by atoms with Crippen LogP contribution in [0.5, 0.6) is 5.75 Å². The first-order valence-electron chi connectivity index (χ1n) is 6.93. The number of imidazole rings is 1. The molecular formula is C15H15N5O2. The van der Waals surface area contributed by atoms with E-state index < -0.39 is 0 Å². The quantitative estimate of drug-likeness (QED) is 0.575. The first-order chi connectivity index (χ1) is 10.8. The van der Waals surface area contributed by atoms with E-state index in [1.807, 2.05) is 30.7 Å². The van der Waals surface area contributed by atoms with Crippen molar-refractivity contribution in [3.8, 4) is 22.8 Å². The summed E-state index contributed by atoms with van der Waals surface area (Å²) >= 11 is 0. The highest BCUT2D eigenvalue weighted by molar-refractivity contribution is 5.71. The molecule has 0 fully saturated rings. The van der Waals surface area contributed by atoms with E-state index in [2.05, 4.69) is 24.3 Å². The molecule has 0 radical (unpaired) electrons. The zero-order chi connectivity index (χ0) is 15.1. The molecule has 2 aromatic heterocycles. The summed E-state index contributed by atoms with van der Waals surface area (Å²) in [6.07, 6.45) is 3.68. The van der Waals surface area contributed by atoms with Gasteiger partial charge in [0.05, 0.1) is 37.6 Å². The maximum absolute atomic E-state index is 5.35. The molecule has 0 bridgehead atoms. The van der Waals surface area contributed by atoms with Crippen LogP contribution in [0, 0.1) is 0 Å². The average Bonchev–Trinajstić information content (AvgIpc) is 3.13. The highest BCUT2D eigenvalue weighted by Gasteiger charge is 2.23. The topological polar surface area (TPSA) is 67.0 Å². The van der Waals surface area contributed by atoms with Crippen LogP contribution in [-0.2, 0) is 17.9 Å². The molecule has 0 spiro atoms. The molecule has 0 unspecified atom stereocenters. The van der Waals surface area contributed by atoms with E-state index in [9.17, 15) is 0 Å². The van der Waals surface area contributed by atoms with Crippen molar-refractivity contribution < 1.29 is 9.47 Å². The molecule has 1 aliphatic rings. The lowest BCUT2D eigenvalue weighted by molar-refractivity contribution is 0.174. The smallest absolute Gasteiger partial charge is 0.166 e. The first-order valence-corrected chi connectivity index (χ1v) is 6.93. The number of benzene rings is 1. The highest BCUT2D eigenvalue weighted by atomic mass is 16.5. The van der Waals surface area contributed by atoms with Gasteiger partial charge in [0.2, 0.25) is 0 Å². The summed E-state index contributed by atoms with van der Waals surface area (Å²) in [6, 6.07) is 5.92. The van der Waals surface area contributed by atoms with E-state index >= 15 is 0 Å². The molecule has 0 amide bonds. The summed E-state index contributed by atoms with van der Waals surface area (Å²) in [6.45, 7) is 1.07. The summed E-state index contributed by atoms with van der Waals surface area (Å²) in [5.74, 6) is 2.38. The van der Waals surface area contributed by atoms with E-state index in [1.54, 1.807) is 14.2 Å². The fraction of sp³-hybridized carbons (Fsp3) is 0.267. The molecule has 1 aromatic carbocycles. The molecule has 4 rings (SSSR count). The lowest BCUT2D eigenvalue weighted by Gasteiger charge is -2.09. The number of hydrogen-bond donors (Lipinski definition) is 0. The van der Waals surface area contributed by atoms with Crippen LogP contribution >= 0.6 is 0 Å². The van der Waals surface area contributed by atoms with Gasteiger partial charge in [-0.1, -0.05) is 0 Å². The number of rotatable bonds is 3. The Hall–Kier alpha value is -2.67. The van der Waals surface area contributed by atoms with E-state index in [-0.39, 0.29) is 0 Å². The molecule has 3 heterocycles. The van der Waals surface area contributed by atoms with Crippen LogP contribution in [0.1, 0.15) is 11.5 Å². The van der Waals surface area contributed by atoms with Crippen LogP contribution in [0.3, 0.4) is 0 Å². The predicted octanol–water partition coefficient (Wildman–Crippen LogP) is 1.65. The molecule has 112 valence electrons. The van der Waals surface area contributed by atoms with Gasteiger partial charge < -0.3 is 18.6 Å². The number of methoxy groups -OCH3 is 2. The number of fused-ring (bicyclic) bond motifs is 5. The number of aromatic nitrogens is 5. The molecule has 22 heavy (non-hydrogen) atoms. The van der Waals surface area contributed by atoms with Crippen molar-refractivity contribution >= 4 is 0 Å². The Morgan fingerprint density at radius 3 is 2.95 bits per heavy atom. The molecule has 0 saturated carbocycles. The monoisotopic (exact) mass is 297 g/mol. The zero-order valence-corrected chi connectivity index (χ0v) is 12.4. The second-order valence-corrected chi connectivity index (χ2v) is 5.10. The molecular weight excluding hydrogens is 282 g/mol. The van der Waals surface area contributed by atoms with Crippen LogP contribution in [0.4, 0.5) is 0 Å². The van der Waals surface area contributed by atoms with Gasteiger partial charge in [0.25, 0.3) is 0 Å². The summed E-state index contributed by atoms with van der Waals surface area (Å²) in [5.41, 5.74) is 3.05. The summed E-state index contributed by atoms with van der Waals surface area (Å²) in [7, 11) is 3.31. The number of nitrogens with zero attached hydrogens (tertiary/aromatic N) is 5. The van der Waals surface area contributed by atoms with Crippen LogP contribution in [0.2, 0.25) is 0 Å². The molecule has 3 aromatic rings. The predicted molar refractivity (Wildman–Crippen MR) is 78.9 cm³/mol. The minimum atomic E-state index is 0.417. The van der Waals surface area contributed by atoms with Gasteiger partial charge in [-0.05, 0) is 18.2 Å². The van der Waals surface area contributed by atoms with Gasteiger partial charge in [0.15, 0.2) is 11.6 Å². The van der Waals surface area contributed by atoms with Crippen molar-refractivity contribution in [2.75, 3.05) is 14.2 Å². The maximum atomic E-state index is 5.35. The summed E-state index contributed by atoms with van der Waals surface area (Å²) < 4.78 is 14.7. The molecule has 0 N–H and O–H groups in total. The summed E-state index contributed by atoms with van der Waals surface area (Å²) in [5, 5.41) is 8.62. The lowest BCUT2D eigenvalue weighted by Crippen LogP contribution is -2.07. The fourth-order valence-electron chi connectivity index (χ4n) is 2.79.